The SMILES string of the molecule is Cc1nc(CC2CCOC3(CCN(C(=O)c4ccc(Cn5ccnc5)o4)CC3)C2)no1. The van der Waals surface area contributed by atoms with E-state index in [1.165, 1.54) is 0 Å². The Balaban J connectivity index is 1.17. The number of ether oxygens (including phenoxy) is 1. The normalized spacial score (nSPS) is 20.9. The van der Waals surface area contributed by atoms with Gasteiger partial charge in [-0.3, -0.25) is 4.79 Å². The van der Waals surface area contributed by atoms with Crippen LogP contribution < -0.4 is 0 Å². The van der Waals surface area contributed by atoms with Crippen molar-refractivity contribution in [3.63, 3.8) is 0 Å². The average Bonchev–Trinajstić information content (AvgIpc) is 3.52. The molecule has 2 fully saturated rings. The van der Waals surface area contributed by atoms with E-state index in [0.29, 0.717) is 37.2 Å². The molecule has 0 saturated carbocycles. The van der Waals surface area contributed by atoms with Gasteiger partial charge >= 0.3 is 0 Å². The number of imidazole rings is 1. The maximum absolute atomic E-state index is 12.9. The third-order valence-electron chi connectivity index (χ3n) is 6.37. The number of piperidine rings is 1. The van der Waals surface area contributed by atoms with Gasteiger partial charge in [-0.1, -0.05) is 5.16 Å². The minimum atomic E-state index is -0.159. The van der Waals surface area contributed by atoms with Crippen molar-refractivity contribution in [3.8, 4) is 0 Å². The summed E-state index contributed by atoms with van der Waals surface area (Å²) in [4.78, 5) is 23.2. The Morgan fingerprint density at radius 2 is 2.16 bits per heavy atom. The van der Waals surface area contributed by atoms with Gasteiger partial charge in [0, 0.05) is 45.4 Å². The summed E-state index contributed by atoms with van der Waals surface area (Å²) in [7, 11) is 0. The van der Waals surface area contributed by atoms with Gasteiger partial charge in [-0.15, -0.1) is 0 Å². The smallest absolute Gasteiger partial charge is 0.289 e. The standard InChI is InChI=1S/C22H27N5O4/c1-16-24-20(25-31-16)12-17-4-11-29-22(13-17)5-8-27(9-6-22)21(28)19-3-2-18(30-19)14-26-10-7-23-15-26/h2-3,7,10,15,17H,4-6,8-9,11-14H2,1H3. The van der Waals surface area contributed by atoms with Gasteiger partial charge in [0.25, 0.3) is 5.91 Å². The van der Waals surface area contributed by atoms with Crippen molar-refractivity contribution in [2.45, 2.75) is 51.2 Å². The second kappa shape index (κ2) is 8.30. The van der Waals surface area contributed by atoms with Crippen molar-refractivity contribution in [2.75, 3.05) is 19.7 Å². The monoisotopic (exact) mass is 425 g/mol. The largest absolute Gasteiger partial charge is 0.454 e. The lowest BCUT2D eigenvalue weighted by atomic mass is 9.78. The quantitative estimate of drug-likeness (QED) is 0.620. The van der Waals surface area contributed by atoms with Gasteiger partial charge < -0.3 is 23.1 Å². The fourth-order valence-electron chi connectivity index (χ4n) is 4.75. The van der Waals surface area contributed by atoms with Crippen LogP contribution in [0.3, 0.4) is 0 Å². The number of hydrogen-bond acceptors (Lipinski definition) is 7. The zero-order chi connectivity index (χ0) is 21.3. The second-order valence-corrected chi connectivity index (χ2v) is 8.62. The van der Waals surface area contributed by atoms with Crippen LogP contribution in [0.4, 0.5) is 0 Å². The summed E-state index contributed by atoms with van der Waals surface area (Å²) in [5.41, 5.74) is -0.159. The van der Waals surface area contributed by atoms with E-state index in [4.69, 9.17) is 13.7 Å². The van der Waals surface area contributed by atoms with Gasteiger partial charge in [-0.05, 0) is 43.7 Å². The Morgan fingerprint density at radius 1 is 1.29 bits per heavy atom. The molecule has 3 aromatic rings. The summed E-state index contributed by atoms with van der Waals surface area (Å²) in [6, 6.07) is 3.62. The summed E-state index contributed by atoms with van der Waals surface area (Å²) >= 11 is 0. The van der Waals surface area contributed by atoms with E-state index in [9.17, 15) is 4.79 Å². The lowest BCUT2D eigenvalue weighted by molar-refractivity contribution is -0.123. The molecule has 5 rings (SSSR count). The number of aryl methyl sites for hydroxylation is 1. The number of amides is 1. The summed E-state index contributed by atoms with van der Waals surface area (Å²) in [6.07, 6.45) is 9.78. The molecule has 9 heteroatoms. The number of carbonyl (C=O) groups excluding carboxylic acids is 1. The molecule has 0 N–H and O–H groups in total. The molecule has 0 radical (unpaired) electrons. The van der Waals surface area contributed by atoms with Crippen LogP contribution >= 0.6 is 0 Å². The molecule has 2 aliphatic rings. The molecular weight excluding hydrogens is 398 g/mol. The average molecular weight is 425 g/mol. The molecule has 3 aromatic heterocycles. The van der Waals surface area contributed by atoms with E-state index in [2.05, 4.69) is 15.1 Å². The van der Waals surface area contributed by atoms with Gasteiger partial charge in [-0.2, -0.15) is 4.98 Å². The van der Waals surface area contributed by atoms with E-state index in [1.807, 2.05) is 28.7 Å². The summed E-state index contributed by atoms with van der Waals surface area (Å²) < 4.78 is 19.1. The molecule has 1 amide bonds. The first-order valence-corrected chi connectivity index (χ1v) is 10.9. The van der Waals surface area contributed by atoms with Crippen molar-refractivity contribution in [1.29, 1.82) is 0 Å². The van der Waals surface area contributed by atoms with Crippen LogP contribution in [-0.2, 0) is 17.7 Å². The van der Waals surface area contributed by atoms with E-state index in [0.717, 1.165) is 50.3 Å². The fraction of sp³-hybridized carbons (Fsp3) is 0.545. The molecule has 31 heavy (non-hydrogen) atoms. The molecule has 164 valence electrons. The van der Waals surface area contributed by atoms with Crippen LogP contribution in [0.5, 0.6) is 0 Å². The zero-order valence-corrected chi connectivity index (χ0v) is 17.7. The minimum Gasteiger partial charge on any atom is -0.454 e. The highest BCUT2D eigenvalue weighted by atomic mass is 16.5. The number of likely N-dealkylation sites (tertiary alicyclic amines) is 1. The molecule has 1 spiro atoms. The fourth-order valence-corrected chi connectivity index (χ4v) is 4.75. The van der Waals surface area contributed by atoms with Crippen LogP contribution in [0.1, 0.15) is 53.7 Å². The number of aromatic nitrogens is 4. The molecule has 9 nitrogen and oxygen atoms in total. The van der Waals surface area contributed by atoms with Gasteiger partial charge in [0.05, 0.1) is 18.5 Å². The van der Waals surface area contributed by atoms with Crippen LogP contribution in [0.2, 0.25) is 0 Å². The Kier molecular flexibility index (Phi) is 5.35. The number of rotatable bonds is 5. The number of hydrogen-bond donors (Lipinski definition) is 0. The summed E-state index contributed by atoms with van der Waals surface area (Å²) in [6.45, 7) is 4.46. The van der Waals surface area contributed by atoms with Crippen molar-refractivity contribution in [1.82, 2.24) is 24.6 Å². The summed E-state index contributed by atoms with van der Waals surface area (Å²) in [5.74, 6) is 2.93. The number of furan rings is 1. The van der Waals surface area contributed by atoms with Crippen molar-refractivity contribution in [2.24, 2.45) is 5.92 Å². The second-order valence-electron chi connectivity index (χ2n) is 8.62. The maximum atomic E-state index is 12.9. The van der Waals surface area contributed by atoms with Crippen molar-refractivity contribution < 1.29 is 18.5 Å². The van der Waals surface area contributed by atoms with Gasteiger partial charge in [0.15, 0.2) is 11.6 Å². The first-order valence-electron chi connectivity index (χ1n) is 10.9. The Bertz CT molecular complexity index is 1020. The van der Waals surface area contributed by atoms with Crippen molar-refractivity contribution in [3.05, 3.63) is 54.1 Å². The topological polar surface area (TPSA) is 99.4 Å². The molecule has 0 aliphatic carbocycles. The van der Waals surface area contributed by atoms with Crippen molar-refractivity contribution >= 4 is 5.91 Å². The third-order valence-corrected chi connectivity index (χ3v) is 6.37. The predicted molar refractivity (Wildman–Crippen MR) is 109 cm³/mol. The van der Waals surface area contributed by atoms with Gasteiger partial charge in [0.2, 0.25) is 5.89 Å². The highest BCUT2D eigenvalue weighted by Gasteiger charge is 2.41. The molecule has 2 saturated heterocycles. The lowest BCUT2D eigenvalue weighted by Gasteiger charge is -2.46. The molecular formula is C22H27N5O4. The molecule has 0 aromatic carbocycles. The first-order chi connectivity index (χ1) is 15.1. The van der Waals surface area contributed by atoms with E-state index in [-0.39, 0.29) is 11.5 Å². The molecule has 1 atom stereocenters. The maximum Gasteiger partial charge on any atom is 0.289 e. The van der Waals surface area contributed by atoms with Crippen LogP contribution in [0.15, 0.2) is 39.8 Å². The highest BCUT2D eigenvalue weighted by Crippen LogP contribution is 2.39. The van der Waals surface area contributed by atoms with Crippen LogP contribution in [-0.4, -0.2) is 55.8 Å². The Labute approximate surface area is 180 Å². The zero-order valence-electron chi connectivity index (χ0n) is 17.7. The molecule has 1 unspecified atom stereocenters. The Morgan fingerprint density at radius 3 is 2.90 bits per heavy atom. The third kappa shape index (κ3) is 4.41. The number of carbonyl (C=O) groups is 1. The summed E-state index contributed by atoms with van der Waals surface area (Å²) in [5, 5.41) is 4.04. The van der Waals surface area contributed by atoms with E-state index >= 15 is 0 Å². The van der Waals surface area contributed by atoms with E-state index in [1.54, 1.807) is 18.6 Å². The van der Waals surface area contributed by atoms with Gasteiger partial charge in [-0.25, -0.2) is 4.98 Å². The Hall–Kier alpha value is -2.94. The van der Waals surface area contributed by atoms with Crippen LogP contribution in [0.25, 0.3) is 0 Å². The molecule has 5 heterocycles. The minimum absolute atomic E-state index is 0.0543. The number of nitrogens with zero attached hydrogens (tertiary/aromatic N) is 5. The highest BCUT2D eigenvalue weighted by molar-refractivity contribution is 5.91. The molecule has 0 bridgehead atoms. The van der Waals surface area contributed by atoms with Crippen LogP contribution in [0, 0.1) is 12.8 Å². The molecule has 2 aliphatic heterocycles. The first kappa shape index (κ1) is 20.0. The van der Waals surface area contributed by atoms with Gasteiger partial charge in [0.1, 0.15) is 5.76 Å². The predicted octanol–water partition coefficient (Wildman–Crippen LogP) is 2.86. The van der Waals surface area contributed by atoms with E-state index < -0.39 is 0 Å². The lowest BCUT2D eigenvalue weighted by Crippen LogP contribution is -2.51.